The van der Waals surface area contributed by atoms with Gasteiger partial charge in [-0.25, -0.2) is 0 Å². The van der Waals surface area contributed by atoms with Crippen LogP contribution in [0.1, 0.15) is 27.4 Å². The topological polar surface area (TPSA) is 69.4 Å². The number of rotatable bonds is 7. The second kappa shape index (κ2) is 8.27. The predicted octanol–water partition coefficient (Wildman–Crippen LogP) is 4.81. The molecule has 0 aliphatic rings. The van der Waals surface area contributed by atoms with Crippen molar-refractivity contribution in [3.63, 3.8) is 0 Å². The van der Waals surface area contributed by atoms with Crippen LogP contribution in [0.4, 0.5) is 5.69 Å². The van der Waals surface area contributed by atoms with Crippen LogP contribution in [0.3, 0.4) is 0 Å². The third-order valence-corrected chi connectivity index (χ3v) is 4.48. The molecule has 0 aliphatic carbocycles. The number of ketones is 1. The predicted molar refractivity (Wildman–Crippen MR) is 103 cm³/mol. The van der Waals surface area contributed by atoms with E-state index < -0.39 is 10.8 Å². The lowest BCUT2D eigenvalue weighted by Crippen LogP contribution is -2.16. The third-order valence-electron chi connectivity index (χ3n) is 4.48. The highest BCUT2D eigenvalue weighted by Crippen LogP contribution is 2.31. The van der Waals surface area contributed by atoms with E-state index in [9.17, 15) is 14.9 Å². The highest BCUT2D eigenvalue weighted by atomic mass is 16.6. The summed E-state index contributed by atoms with van der Waals surface area (Å²) in [7, 11) is 1.52. The zero-order valence-electron chi connectivity index (χ0n) is 14.9. The van der Waals surface area contributed by atoms with E-state index in [0.29, 0.717) is 23.3 Å². The van der Waals surface area contributed by atoms with E-state index in [1.807, 2.05) is 48.5 Å². The SMILES string of the molecule is COc1ccc([N+](=O)[O-])cc1CC(C(=O)c1ccccc1)c1ccccc1. The molecule has 5 nitrogen and oxygen atoms in total. The van der Waals surface area contributed by atoms with Gasteiger partial charge in [-0.15, -0.1) is 0 Å². The van der Waals surface area contributed by atoms with Gasteiger partial charge in [0, 0.05) is 23.3 Å². The van der Waals surface area contributed by atoms with Gasteiger partial charge in [-0.3, -0.25) is 14.9 Å². The molecule has 0 radical (unpaired) electrons. The Balaban J connectivity index is 2.03. The summed E-state index contributed by atoms with van der Waals surface area (Å²) < 4.78 is 5.37. The first-order chi connectivity index (χ1) is 13.1. The van der Waals surface area contributed by atoms with Crippen molar-refractivity contribution in [2.24, 2.45) is 0 Å². The van der Waals surface area contributed by atoms with Gasteiger partial charge >= 0.3 is 0 Å². The Hall–Kier alpha value is -3.47. The molecule has 27 heavy (non-hydrogen) atoms. The smallest absolute Gasteiger partial charge is 0.269 e. The van der Waals surface area contributed by atoms with E-state index >= 15 is 0 Å². The summed E-state index contributed by atoms with van der Waals surface area (Å²) >= 11 is 0. The fourth-order valence-corrected chi connectivity index (χ4v) is 3.11. The standard InChI is InChI=1S/C22H19NO4/c1-27-21-13-12-19(23(25)26)14-18(21)15-20(16-8-4-2-5-9-16)22(24)17-10-6-3-7-11-17/h2-14,20H,15H2,1H3. The molecule has 0 bridgehead atoms. The van der Waals surface area contributed by atoms with Crippen LogP contribution in [0, 0.1) is 10.1 Å². The fourth-order valence-electron chi connectivity index (χ4n) is 3.11. The number of nitro groups is 1. The molecule has 0 saturated carbocycles. The van der Waals surface area contributed by atoms with Gasteiger partial charge in [0.1, 0.15) is 5.75 Å². The summed E-state index contributed by atoms with van der Waals surface area (Å²) in [6.07, 6.45) is 0.308. The Morgan fingerprint density at radius 1 is 1.00 bits per heavy atom. The van der Waals surface area contributed by atoms with Gasteiger partial charge < -0.3 is 4.74 Å². The highest BCUT2D eigenvalue weighted by Gasteiger charge is 2.24. The first kappa shape index (κ1) is 18.3. The number of ether oxygens (including phenoxy) is 1. The minimum Gasteiger partial charge on any atom is -0.496 e. The molecule has 3 rings (SSSR count). The lowest BCUT2D eigenvalue weighted by atomic mass is 9.85. The number of hydrogen-bond acceptors (Lipinski definition) is 4. The number of nitro benzene ring substituents is 1. The number of nitrogens with zero attached hydrogens (tertiary/aromatic N) is 1. The van der Waals surface area contributed by atoms with Gasteiger partial charge in [0.2, 0.25) is 0 Å². The van der Waals surface area contributed by atoms with Crippen molar-refractivity contribution in [2.45, 2.75) is 12.3 Å². The molecule has 3 aromatic rings. The van der Waals surface area contributed by atoms with E-state index in [2.05, 4.69) is 0 Å². The Labute approximate surface area is 157 Å². The maximum Gasteiger partial charge on any atom is 0.269 e. The number of methoxy groups -OCH3 is 1. The lowest BCUT2D eigenvalue weighted by molar-refractivity contribution is -0.384. The van der Waals surface area contributed by atoms with E-state index in [1.54, 1.807) is 18.2 Å². The number of non-ortho nitro benzene ring substituents is 1. The molecule has 0 aliphatic heterocycles. The van der Waals surface area contributed by atoms with Crippen LogP contribution in [0.5, 0.6) is 5.75 Å². The molecule has 1 atom stereocenters. The second-order valence-corrected chi connectivity index (χ2v) is 6.15. The van der Waals surface area contributed by atoms with Crippen LogP contribution < -0.4 is 4.74 Å². The van der Waals surface area contributed by atoms with Gasteiger partial charge in [0.15, 0.2) is 5.78 Å². The van der Waals surface area contributed by atoms with Crippen molar-refractivity contribution in [2.75, 3.05) is 7.11 Å². The second-order valence-electron chi connectivity index (χ2n) is 6.15. The van der Waals surface area contributed by atoms with Gasteiger partial charge in [-0.1, -0.05) is 60.7 Å². The summed E-state index contributed by atoms with van der Waals surface area (Å²) in [6, 6.07) is 23.0. The number of carbonyl (C=O) groups excluding carboxylic acids is 1. The van der Waals surface area contributed by atoms with Gasteiger partial charge in [0.05, 0.1) is 18.0 Å². The summed E-state index contributed by atoms with van der Waals surface area (Å²) in [6.45, 7) is 0. The molecular weight excluding hydrogens is 342 g/mol. The fraction of sp³-hybridized carbons (Fsp3) is 0.136. The molecule has 136 valence electrons. The zero-order valence-corrected chi connectivity index (χ0v) is 14.9. The maximum atomic E-state index is 13.2. The molecule has 0 amide bonds. The first-order valence-corrected chi connectivity index (χ1v) is 8.55. The van der Waals surface area contributed by atoms with Crippen LogP contribution in [0.25, 0.3) is 0 Å². The molecule has 1 unspecified atom stereocenters. The summed E-state index contributed by atoms with van der Waals surface area (Å²) in [5, 5.41) is 11.2. The van der Waals surface area contributed by atoms with E-state index in [0.717, 1.165) is 5.56 Å². The Morgan fingerprint density at radius 3 is 2.22 bits per heavy atom. The largest absolute Gasteiger partial charge is 0.496 e. The number of benzene rings is 3. The van der Waals surface area contributed by atoms with Gasteiger partial charge in [-0.05, 0) is 18.1 Å². The van der Waals surface area contributed by atoms with Crippen LogP contribution in [-0.2, 0) is 6.42 Å². The van der Waals surface area contributed by atoms with Crippen LogP contribution >= 0.6 is 0 Å². The number of carbonyl (C=O) groups is 1. The molecule has 0 spiro atoms. The van der Waals surface area contributed by atoms with Crippen molar-refractivity contribution in [3.8, 4) is 5.75 Å². The molecule has 0 aromatic heterocycles. The van der Waals surface area contributed by atoms with Crippen molar-refractivity contribution >= 4 is 11.5 Å². The molecular formula is C22H19NO4. The molecule has 0 heterocycles. The minimum atomic E-state index is -0.468. The van der Waals surface area contributed by atoms with Crippen LogP contribution in [0.2, 0.25) is 0 Å². The Morgan fingerprint density at radius 2 is 1.63 bits per heavy atom. The molecule has 0 N–H and O–H groups in total. The van der Waals surface area contributed by atoms with Gasteiger partial charge in [0.25, 0.3) is 5.69 Å². The summed E-state index contributed by atoms with van der Waals surface area (Å²) in [5.41, 5.74) is 2.07. The Bertz CT molecular complexity index is 939. The van der Waals surface area contributed by atoms with E-state index in [1.165, 1.54) is 19.2 Å². The Kier molecular flexibility index (Phi) is 5.61. The van der Waals surface area contributed by atoms with Crippen molar-refractivity contribution in [3.05, 3.63) is 106 Å². The highest BCUT2D eigenvalue weighted by molar-refractivity contribution is 6.01. The van der Waals surface area contributed by atoms with Crippen molar-refractivity contribution in [1.29, 1.82) is 0 Å². The monoisotopic (exact) mass is 361 g/mol. The maximum absolute atomic E-state index is 13.2. The quantitative estimate of drug-likeness (QED) is 0.344. The third kappa shape index (κ3) is 4.20. The zero-order chi connectivity index (χ0) is 19.2. The number of hydrogen-bond donors (Lipinski definition) is 0. The number of Topliss-reactive ketones (excluding diaryl/α,β-unsaturated/α-hetero) is 1. The van der Waals surface area contributed by atoms with Gasteiger partial charge in [-0.2, -0.15) is 0 Å². The lowest BCUT2D eigenvalue weighted by Gasteiger charge is -2.18. The van der Waals surface area contributed by atoms with E-state index in [4.69, 9.17) is 4.74 Å². The molecule has 0 saturated heterocycles. The molecule has 0 fully saturated rings. The van der Waals surface area contributed by atoms with E-state index in [-0.39, 0.29) is 11.5 Å². The van der Waals surface area contributed by atoms with Crippen LogP contribution in [0.15, 0.2) is 78.9 Å². The van der Waals surface area contributed by atoms with Crippen molar-refractivity contribution in [1.82, 2.24) is 0 Å². The average molecular weight is 361 g/mol. The normalized spacial score (nSPS) is 11.6. The van der Waals surface area contributed by atoms with Crippen molar-refractivity contribution < 1.29 is 14.5 Å². The summed E-state index contributed by atoms with van der Waals surface area (Å²) in [5.74, 6) is 0.0299. The minimum absolute atomic E-state index is 0.0234. The first-order valence-electron chi connectivity index (χ1n) is 8.55. The average Bonchev–Trinajstić information content (AvgIpc) is 2.72. The van der Waals surface area contributed by atoms with Crippen LogP contribution in [-0.4, -0.2) is 17.8 Å². The molecule has 5 heteroatoms. The summed E-state index contributed by atoms with van der Waals surface area (Å²) in [4.78, 5) is 23.9. The molecule has 3 aromatic carbocycles.